The second-order valence-electron chi connectivity index (χ2n) is 6.01. The molecule has 0 aliphatic heterocycles. The van der Waals surface area contributed by atoms with Crippen molar-refractivity contribution in [1.82, 2.24) is 0 Å². The van der Waals surface area contributed by atoms with Crippen molar-refractivity contribution in [3.05, 3.63) is 27.7 Å². The van der Waals surface area contributed by atoms with Crippen LogP contribution < -0.4 is 10.5 Å². The molecule has 6 nitrogen and oxygen atoms in total. The number of rotatable bonds is 11. The van der Waals surface area contributed by atoms with Gasteiger partial charge in [-0.1, -0.05) is 48.9 Å². The normalized spacial score (nSPS) is 13.9. The fraction of sp³-hybridized carbons (Fsp3) is 0.529. The largest absolute Gasteiger partial charge is 0.490 e. The zero-order valence-corrected chi connectivity index (χ0v) is 17.0. The molecular weight excluding hydrogens is 400 g/mol. The highest BCUT2D eigenvalue weighted by atomic mass is 35.5. The van der Waals surface area contributed by atoms with E-state index in [0.717, 1.165) is 24.8 Å². The quantitative estimate of drug-likeness (QED) is 0.283. The summed E-state index contributed by atoms with van der Waals surface area (Å²) < 4.78 is 20.9. The molecule has 146 valence electrons. The Morgan fingerprint density at radius 3 is 2.42 bits per heavy atom. The molecule has 1 rings (SSSR count). The van der Waals surface area contributed by atoms with E-state index in [9.17, 15) is 4.57 Å². The first kappa shape index (κ1) is 23.3. The molecule has 0 radical (unpaired) electrons. The van der Waals surface area contributed by atoms with Gasteiger partial charge in [0.15, 0.2) is 5.75 Å². The molecule has 0 fully saturated rings. The number of aryl methyl sites for hydroxylation is 1. The lowest BCUT2D eigenvalue weighted by molar-refractivity contribution is 0.167. The number of nitrogens with two attached hydrogens (primary N) is 1. The number of unbranched alkanes of at least 4 members (excludes halogenated alkanes) is 2. The van der Waals surface area contributed by atoms with Gasteiger partial charge in [-0.05, 0) is 37.0 Å². The minimum Gasteiger partial charge on any atom is -0.490 e. The number of phosphoric acid groups is 1. The molecule has 0 unspecified atom stereocenters. The van der Waals surface area contributed by atoms with Gasteiger partial charge in [0.05, 0.1) is 23.3 Å². The summed E-state index contributed by atoms with van der Waals surface area (Å²) in [5.74, 6) is 2.76. The van der Waals surface area contributed by atoms with E-state index in [4.69, 9.17) is 49.9 Å². The summed E-state index contributed by atoms with van der Waals surface area (Å²) in [5, 5.41) is 0.776. The first-order valence-electron chi connectivity index (χ1n) is 8.17. The van der Waals surface area contributed by atoms with E-state index in [2.05, 4.69) is 17.4 Å². The molecule has 1 aromatic rings. The van der Waals surface area contributed by atoms with Crippen LogP contribution in [-0.2, 0) is 15.5 Å². The lowest BCUT2D eigenvalue weighted by Gasteiger charge is -2.23. The predicted molar refractivity (Wildman–Crippen MR) is 104 cm³/mol. The van der Waals surface area contributed by atoms with Gasteiger partial charge in [-0.3, -0.25) is 4.52 Å². The smallest absolute Gasteiger partial charge is 0.469 e. The van der Waals surface area contributed by atoms with Crippen LogP contribution in [0.15, 0.2) is 12.1 Å². The van der Waals surface area contributed by atoms with Crippen molar-refractivity contribution >= 4 is 31.0 Å². The van der Waals surface area contributed by atoms with Crippen molar-refractivity contribution in [3.8, 4) is 18.1 Å². The van der Waals surface area contributed by atoms with E-state index in [1.165, 1.54) is 0 Å². The van der Waals surface area contributed by atoms with Gasteiger partial charge in [-0.25, -0.2) is 4.57 Å². The minimum atomic E-state index is -4.64. The molecule has 0 aromatic heterocycles. The van der Waals surface area contributed by atoms with Gasteiger partial charge in [-0.2, -0.15) is 0 Å². The molecule has 0 aliphatic carbocycles. The zero-order chi connectivity index (χ0) is 19.8. The Balaban J connectivity index is 2.72. The molecule has 0 spiro atoms. The van der Waals surface area contributed by atoms with Crippen LogP contribution in [-0.4, -0.2) is 28.5 Å². The maximum atomic E-state index is 10.8. The van der Waals surface area contributed by atoms with Gasteiger partial charge < -0.3 is 20.3 Å². The number of terminal acetylenes is 1. The van der Waals surface area contributed by atoms with Gasteiger partial charge >= 0.3 is 7.82 Å². The molecule has 0 heterocycles. The van der Waals surface area contributed by atoms with E-state index in [1.54, 1.807) is 12.1 Å². The van der Waals surface area contributed by atoms with Crippen molar-refractivity contribution in [3.63, 3.8) is 0 Å². The number of hydrogen-bond donors (Lipinski definition) is 3. The predicted octanol–water partition coefficient (Wildman–Crippen LogP) is 3.94. The van der Waals surface area contributed by atoms with E-state index >= 15 is 0 Å². The van der Waals surface area contributed by atoms with Crippen LogP contribution in [0.3, 0.4) is 0 Å². The molecule has 1 aromatic carbocycles. The van der Waals surface area contributed by atoms with E-state index in [1.807, 2.05) is 0 Å². The highest BCUT2D eigenvalue weighted by Gasteiger charge is 2.27. The average Bonchev–Trinajstić information content (AvgIpc) is 2.56. The third-order valence-electron chi connectivity index (χ3n) is 3.69. The number of phosphoric ester groups is 1. The Kier molecular flexibility index (Phi) is 9.43. The average molecular weight is 424 g/mol. The number of ether oxygens (including phenoxy) is 1. The molecule has 1 atom stereocenters. The summed E-state index contributed by atoms with van der Waals surface area (Å²) in [7, 11) is -4.64. The van der Waals surface area contributed by atoms with Crippen LogP contribution in [0.5, 0.6) is 5.75 Å². The van der Waals surface area contributed by atoms with Gasteiger partial charge in [0, 0.05) is 0 Å². The maximum absolute atomic E-state index is 10.8. The Labute approximate surface area is 164 Å². The molecule has 0 amide bonds. The highest BCUT2D eigenvalue weighted by Crippen LogP contribution is 2.37. The summed E-state index contributed by atoms with van der Waals surface area (Å²) in [6.45, 7) is 2.18. The van der Waals surface area contributed by atoms with Gasteiger partial charge in [0.1, 0.15) is 5.54 Å². The summed E-state index contributed by atoms with van der Waals surface area (Å²) in [6.07, 6.45) is 9.09. The molecule has 4 N–H and O–H groups in total. The van der Waals surface area contributed by atoms with Crippen molar-refractivity contribution in [2.45, 2.75) is 44.6 Å². The van der Waals surface area contributed by atoms with E-state index < -0.39 is 20.0 Å². The minimum absolute atomic E-state index is 0.229. The topological polar surface area (TPSA) is 102 Å². The second kappa shape index (κ2) is 10.5. The van der Waals surface area contributed by atoms with E-state index in [0.29, 0.717) is 28.8 Å². The van der Waals surface area contributed by atoms with Crippen LogP contribution in [0.1, 0.15) is 38.2 Å². The Hall–Kier alpha value is -0.770. The number of benzene rings is 1. The van der Waals surface area contributed by atoms with Crippen LogP contribution in [0.2, 0.25) is 10.0 Å². The van der Waals surface area contributed by atoms with Crippen LogP contribution in [0.25, 0.3) is 0 Å². The molecule has 0 aliphatic rings. The van der Waals surface area contributed by atoms with Crippen molar-refractivity contribution < 1.29 is 23.6 Å². The fourth-order valence-corrected chi connectivity index (χ4v) is 3.21. The van der Waals surface area contributed by atoms with Crippen molar-refractivity contribution in [2.24, 2.45) is 5.73 Å². The molecule has 0 bridgehead atoms. The van der Waals surface area contributed by atoms with Crippen molar-refractivity contribution in [1.29, 1.82) is 0 Å². The summed E-state index contributed by atoms with van der Waals surface area (Å²) in [5.41, 5.74) is 5.41. The number of halogens is 2. The molecular formula is C17H24Cl2NO5P. The standard InChI is InChI=1S/C17H24Cl2NO5P/c1-3-5-6-9-24-16-14(18)10-13(11-15(16)19)7-8-17(20,4-2)12-25-26(21,22)23/h2,10-11H,3,5-9,12,20H2,1H3,(H2,21,22,23)/t17-/m1/s1. The Morgan fingerprint density at radius 2 is 1.92 bits per heavy atom. The molecule has 0 saturated heterocycles. The lowest BCUT2D eigenvalue weighted by Crippen LogP contribution is -2.43. The molecule has 26 heavy (non-hydrogen) atoms. The summed E-state index contributed by atoms with van der Waals surface area (Å²) in [6, 6.07) is 3.42. The Bertz CT molecular complexity index is 665. The lowest BCUT2D eigenvalue weighted by atomic mass is 9.94. The summed E-state index contributed by atoms with van der Waals surface area (Å²) in [4.78, 5) is 17.6. The van der Waals surface area contributed by atoms with Crippen LogP contribution >= 0.6 is 31.0 Å². The first-order chi connectivity index (χ1) is 12.1. The van der Waals surface area contributed by atoms with E-state index in [-0.39, 0.29) is 6.42 Å². The third kappa shape index (κ3) is 8.28. The van der Waals surface area contributed by atoms with Crippen molar-refractivity contribution in [2.75, 3.05) is 13.2 Å². The van der Waals surface area contributed by atoms with Gasteiger partial charge in [0.2, 0.25) is 0 Å². The SMILES string of the molecule is C#C[C@@](N)(CCc1cc(Cl)c(OCCCCC)c(Cl)c1)COP(=O)(O)O. The maximum Gasteiger partial charge on any atom is 0.469 e. The molecule has 0 saturated carbocycles. The monoisotopic (exact) mass is 423 g/mol. The van der Waals surface area contributed by atoms with Gasteiger partial charge in [-0.15, -0.1) is 6.42 Å². The second-order valence-corrected chi connectivity index (χ2v) is 8.06. The fourth-order valence-electron chi connectivity index (χ4n) is 2.17. The molecule has 9 heteroatoms. The summed E-state index contributed by atoms with van der Waals surface area (Å²) >= 11 is 12.5. The highest BCUT2D eigenvalue weighted by molar-refractivity contribution is 7.46. The third-order valence-corrected chi connectivity index (χ3v) is 4.72. The first-order valence-corrected chi connectivity index (χ1v) is 10.5. The van der Waals surface area contributed by atoms with Gasteiger partial charge in [0.25, 0.3) is 0 Å². The Morgan fingerprint density at radius 1 is 1.31 bits per heavy atom. The van der Waals surface area contributed by atoms with Crippen LogP contribution in [0, 0.1) is 12.3 Å². The van der Waals surface area contributed by atoms with Crippen LogP contribution in [0.4, 0.5) is 0 Å². The zero-order valence-electron chi connectivity index (χ0n) is 14.6. The number of hydrogen-bond acceptors (Lipinski definition) is 4.